The van der Waals surface area contributed by atoms with E-state index >= 15 is 0 Å². The van der Waals surface area contributed by atoms with Gasteiger partial charge in [-0.05, 0) is 12.2 Å². The van der Waals surface area contributed by atoms with Gasteiger partial charge in [0.1, 0.15) is 0 Å². The first-order chi connectivity index (χ1) is 7.78. The smallest absolute Gasteiger partial charge is 0.177 e. The summed E-state index contributed by atoms with van der Waals surface area (Å²) in [6.07, 6.45) is 2.96. The second kappa shape index (κ2) is 5.39. The monoisotopic (exact) mass is 244 g/mol. The summed E-state index contributed by atoms with van der Waals surface area (Å²) < 4.78 is 22.1. The van der Waals surface area contributed by atoms with Crippen LogP contribution in [0.5, 0.6) is 0 Å². The van der Waals surface area contributed by atoms with Gasteiger partial charge < -0.3 is 18.9 Å². The SMILES string of the molecule is C=CC1OCC2(CO1)COC(/C=C/P)OC2. The Morgan fingerprint density at radius 3 is 1.94 bits per heavy atom. The van der Waals surface area contributed by atoms with Gasteiger partial charge in [0.15, 0.2) is 12.6 Å². The summed E-state index contributed by atoms with van der Waals surface area (Å²) in [5.74, 6) is 1.84. The molecule has 2 rings (SSSR count). The molecule has 2 aliphatic heterocycles. The highest BCUT2D eigenvalue weighted by molar-refractivity contribution is 7.20. The molecule has 0 radical (unpaired) electrons. The van der Waals surface area contributed by atoms with Crippen molar-refractivity contribution in [1.82, 2.24) is 0 Å². The van der Waals surface area contributed by atoms with Crippen LogP contribution in [0.1, 0.15) is 0 Å². The Balaban J connectivity index is 1.86. The fourth-order valence-corrected chi connectivity index (χ4v) is 1.90. The fourth-order valence-electron chi connectivity index (χ4n) is 1.72. The second-order valence-electron chi connectivity index (χ2n) is 4.10. The molecule has 0 aromatic heterocycles. The lowest BCUT2D eigenvalue weighted by Gasteiger charge is -2.42. The minimum Gasteiger partial charge on any atom is -0.348 e. The zero-order valence-corrected chi connectivity index (χ0v) is 10.3. The second-order valence-corrected chi connectivity index (χ2v) is 4.49. The van der Waals surface area contributed by atoms with Crippen LogP contribution < -0.4 is 0 Å². The van der Waals surface area contributed by atoms with Crippen LogP contribution in [-0.4, -0.2) is 39.0 Å². The molecule has 16 heavy (non-hydrogen) atoms. The van der Waals surface area contributed by atoms with Gasteiger partial charge >= 0.3 is 0 Å². The maximum atomic E-state index is 5.57. The lowest BCUT2D eigenvalue weighted by molar-refractivity contribution is -0.282. The van der Waals surface area contributed by atoms with E-state index in [0.717, 1.165) is 0 Å². The van der Waals surface area contributed by atoms with Gasteiger partial charge in [-0.15, -0.1) is 9.24 Å². The standard InChI is InChI=1S/C11H17O4P/c1-2-9-12-5-11(6-13-9)7-14-10(3-4-16)15-8-11/h2-4,9-10H,1,5-8,16H2/b4-3+. The molecule has 90 valence electrons. The van der Waals surface area contributed by atoms with E-state index in [0.29, 0.717) is 26.4 Å². The summed E-state index contributed by atoms with van der Waals surface area (Å²) in [4.78, 5) is 0. The van der Waals surface area contributed by atoms with Crippen molar-refractivity contribution in [2.75, 3.05) is 26.4 Å². The average molecular weight is 244 g/mol. The molecule has 1 unspecified atom stereocenters. The first kappa shape index (κ1) is 12.2. The normalized spacial score (nSPS) is 40.3. The van der Waals surface area contributed by atoms with Crippen LogP contribution in [-0.2, 0) is 18.9 Å². The Morgan fingerprint density at radius 1 is 1.00 bits per heavy atom. The van der Waals surface area contributed by atoms with E-state index in [2.05, 4.69) is 15.8 Å². The molecule has 0 aromatic carbocycles. The molecule has 1 atom stereocenters. The van der Waals surface area contributed by atoms with Crippen LogP contribution in [0.25, 0.3) is 0 Å². The Morgan fingerprint density at radius 2 is 1.50 bits per heavy atom. The third-order valence-electron chi connectivity index (χ3n) is 2.68. The van der Waals surface area contributed by atoms with Gasteiger partial charge in [0.2, 0.25) is 0 Å². The lowest BCUT2D eigenvalue weighted by Crippen LogP contribution is -2.51. The van der Waals surface area contributed by atoms with Crippen LogP contribution in [0.4, 0.5) is 0 Å². The van der Waals surface area contributed by atoms with E-state index in [-0.39, 0.29) is 18.0 Å². The van der Waals surface area contributed by atoms with Gasteiger partial charge in [0.25, 0.3) is 0 Å². The van der Waals surface area contributed by atoms with Gasteiger partial charge in [-0.1, -0.05) is 12.4 Å². The zero-order valence-electron chi connectivity index (χ0n) is 9.13. The van der Waals surface area contributed by atoms with E-state index in [1.807, 2.05) is 11.9 Å². The highest BCUT2D eigenvalue weighted by atomic mass is 31.0. The van der Waals surface area contributed by atoms with Crippen molar-refractivity contribution in [3.8, 4) is 0 Å². The average Bonchev–Trinajstić information content (AvgIpc) is 2.34. The van der Waals surface area contributed by atoms with Crippen LogP contribution in [0.3, 0.4) is 0 Å². The molecule has 4 nitrogen and oxygen atoms in total. The van der Waals surface area contributed by atoms with Crippen molar-refractivity contribution in [1.29, 1.82) is 0 Å². The summed E-state index contributed by atoms with van der Waals surface area (Å²) in [5.41, 5.74) is -0.162. The highest BCUT2D eigenvalue weighted by Crippen LogP contribution is 2.30. The van der Waals surface area contributed by atoms with Gasteiger partial charge in [-0.2, -0.15) is 0 Å². The summed E-state index contributed by atoms with van der Waals surface area (Å²) >= 11 is 0. The summed E-state index contributed by atoms with van der Waals surface area (Å²) in [6.45, 7) is 5.99. The maximum absolute atomic E-state index is 5.57. The number of rotatable bonds is 2. The van der Waals surface area contributed by atoms with Gasteiger partial charge in [-0.3, -0.25) is 0 Å². The highest BCUT2D eigenvalue weighted by Gasteiger charge is 2.40. The molecular weight excluding hydrogens is 227 g/mol. The van der Waals surface area contributed by atoms with Crippen LogP contribution >= 0.6 is 9.24 Å². The predicted octanol–water partition coefficient (Wildman–Crippen LogP) is 1.29. The summed E-state index contributed by atoms with van der Waals surface area (Å²) in [5, 5.41) is 0. The Hall–Kier alpha value is -0.250. The molecule has 0 amide bonds. The van der Waals surface area contributed by atoms with E-state index in [1.165, 1.54) is 0 Å². The van der Waals surface area contributed by atoms with Crippen LogP contribution in [0, 0.1) is 5.41 Å². The first-order valence-corrected chi connectivity index (χ1v) is 5.92. The quantitative estimate of drug-likeness (QED) is 0.542. The molecule has 2 heterocycles. The van der Waals surface area contributed by atoms with Crippen molar-refractivity contribution in [3.63, 3.8) is 0 Å². The van der Waals surface area contributed by atoms with Crippen molar-refractivity contribution in [3.05, 3.63) is 24.5 Å². The minimum absolute atomic E-state index is 0.162. The molecule has 0 aliphatic carbocycles. The topological polar surface area (TPSA) is 36.9 Å². The van der Waals surface area contributed by atoms with E-state index in [4.69, 9.17) is 18.9 Å². The van der Waals surface area contributed by atoms with Crippen LogP contribution in [0.15, 0.2) is 24.5 Å². The van der Waals surface area contributed by atoms with Crippen molar-refractivity contribution in [2.45, 2.75) is 12.6 Å². The number of hydrogen-bond acceptors (Lipinski definition) is 4. The Bertz CT molecular complexity index is 261. The molecule has 0 bridgehead atoms. The number of ether oxygens (including phenoxy) is 4. The molecule has 0 N–H and O–H groups in total. The third kappa shape index (κ3) is 2.70. The minimum atomic E-state index is -0.296. The molecule has 5 heteroatoms. The third-order valence-corrected chi connectivity index (χ3v) is 2.90. The summed E-state index contributed by atoms with van der Waals surface area (Å²) in [6, 6.07) is 0. The van der Waals surface area contributed by atoms with Gasteiger partial charge in [0.05, 0.1) is 31.8 Å². The van der Waals surface area contributed by atoms with Crippen molar-refractivity contribution < 1.29 is 18.9 Å². The lowest BCUT2D eigenvalue weighted by atomic mass is 9.91. The van der Waals surface area contributed by atoms with Gasteiger partial charge in [-0.25, -0.2) is 0 Å². The van der Waals surface area contributed by atoms with E-state index in [9.17, 15) is 0 Å². The Kier molecular flexibility index (Phi) is 4.11. The first-order valence-electron chi connectivity index (χ1n) is 5.25. The maximum Gasteiger partial charge on any atom is 0.177 e. The number of hydrogen-bond donors (Lipinski definition) is 0. The van der Waals surface area contributed by atoms with Crippen LogP contribution in [0.2, 0.25) is 0 Å². The van der Waals surface area contributed by atoms with Crippen molar-refractivity contribution in [2.24, 2.45) is 5.41 Å². The predicted molar refractivity (Wildman–Crippen MR) is 62.9 cm³/mol. The largest absolute Gasteiger partial charge is 0.348 e. The zero-order chi connectivity index (χ0) is 11.4. The summed E-state index contributed by atoms with van der Waals surface area (Å²) in [7, 11) is 2.50. The molecule has 2 saturated heterocycles. The van der Waals surface area contributed by atoms with Crippen molar-refractivity contribution >= 4 is 9.24 Å². The fraction of sp³-hybridized carbons (Fsp3) is 0.636. The molecule has 1 spiro atoms. The molecule has 0 saturated carbocycles. The van der Waals surface area contributed by atoms with E-state index in [1.54, 1.807) is 6.08 Å². The van der Waals surface area contributed by atoms with E-state index < -0.39 is 0 Å². The molecular formula is C11H17O4P. The molecule has 0 aromatic rings. The molecule has 2 aliphatic rings. The van der Waals surface area contributed by atoms with Gasteiger partial charge in [0, 0.05) is 0 Å². The molecule has 2 fully saturated rings. The Labute approximate surface area is 97.8 Å².